The van der Waals surface area contributed by atoms with Gasteiger partial charge in [0.2, 0.25) is 5.91 Å². The summed E-state index contributed by atoms with van der Waals surface area (Å²) in [5.74, 6) is 1.55. The summed E-state index contributed by atoms with van der Waals surface area (Å²) in [7, 11) is 0. The molecule has 2 N–H and O–H groups in total. The molecule has 5 nitrogen and oxygen atoms in total. The lowest BCUT2D eigenvalue weighted by Crippen LogP contribution is -2.27. The minimum Gasteiger partial charge on any atom is -0.330 e. The number of carbonyl (C=O) groups is 1. The second-order valence-electron chi connectivity index (χ2n) is 6.81. The van der Waals surface area contributed by atoms with Crippen LogP contribution in [0.1, 0.15) is 50.4 Å². The number of rotatable bonds is 6. The monoisotopic (exact) mass is 398 g/mol. The molecule has 2 aromatic rings. The van der Waals surface area contributed by atoms with Gasteiger partial charge in [0.25, 0.3) is 0 Å². The molecule has 1 aliphatic rings. The molecule has 1 amide bonds. The Morgan fingerprint density at radius 3 is 2.88 bits per heavy atom. The van der Waals surface area contributed by atoms with Crippen molar-refractivity contribution >= 4 is 36.4 Å². The maximum absolute atomic E-state index is 12.2. The van der Waals surface area contributed by atoms with Crippen molar-refractivity contribution in [1.82, 2.24) is 14.9 Å². The number of anilines is 1. The maximum Gasteiger partial charge on any atom is 0.225 e. The number of amides is 1. The highest BCUT2D eigenvalue weighted by Crippen LogP contribution is 2.17. The summed E-state index contributed by atoms with van der Waals surface area (Å²) in [6.07, 6.45) is 6.65. The number of benzene rings is 1. The molecule has 1 atom stereocenters. The zero-order valence-electron chi connectivity index (χ0n) is 15.3. The summed E-state index contributed by atoms with van der Waals surface area (Å²) in [6, 6.07) is 8.39. The van der Waals surface area contributed by atoms with Crippen LogP contribution < -0.4 is 10.6 Å². The van der Waals surface area contributed by atoms with Gasteiger partial charge in [-0.2, -0.15) is 0 Å². The van der Waals surface area contributed by atoms with E-state index in [-0.39, 0.29) is 30.7 Å². The Hall–Kier alpha value is -1.56. The third-order valence-electron chi connectivity index (χ3n) is 4.42. The summed E-state index contributed by atoms with van der Waals surface area (Å²) < 4.78 is 2.16. The van der Waals surface area contributed by atoms with Crippen LogP contribution in [0.5, 0.6) is 0 Å². The van der Waals surface area contributed by atoms with Crippen LogP contribution in [0.15, 0.2) is 36.7 Å². The lowest BCUT2D eigenvalue weighted by Gasteiger charge is -2.13. The summed E-state index contributed by atoms with van der Waals surface area (Å²) in [6.45, 7) is 6.08. The fourth-order valence-electron chi connectivity index (χ4n) is 3.27. The van der Waals surface area contributed by atoms with Crippen molar-refractivity contribution in [1.29, 1.82) is 0 Å². The van der Waals surface area contributed by atoms with Gasteiger partial charge in [-0.25, -0.2) is 4.98 Å². The quantitative estimate of drug-likeness (QED) is 0.773. The Bertz CT molecular complexity index is 696. The Labute approximate surface area is 167 Å². The van der Waals surface area contributed by atoms with Crippen LogP contribution in [0.4, 0.5) is 5.69 Å². The average molecular weight is 399 g/mol. The van der Waals surface area contributed by atoms with Crippen LogP contribution in [-0.4, -0.2) is 28.0 Å². The van der Waals surface area contributed by atoms with E-state index >= 15 is 0 Å². The van der Waals surface area contributed by atoms with Gasteiger partial charge >= 0.3 is 0 Å². The first-order chi connectivity index (χ1) is 11.6. The molecule has 26 heavy (non-hydrogen) atoms. The Morgan fingerprint density at radius 1 is 1.38 bits per heavy atom. The molecule has 1 aliphatic heterocycles. The molecule has 1 unspecified atom stereocenters. The highest BCUT2D eigenvalue weighted by atomic mass is 35.5. The fraction of sp³-hybridized carbons (Fsp3) is 0.474. The van der Waals surface area contributed by atoms with Gasteiger partial charge < -0.3 is 15.2 Å². The highest BCUT2D eigenvalue weighted by molar-refractivity contribution is 5.91. The van der Waals surface area contributed by atoms with Gasteiger partial charge in [0.15, 0.2) is 0 Å². The Kier molecular flexibility index (Phi) is 9.13. The topological polar surface area (TPSA) is 59.0 Å². The van der Waals surface area contributed by atoms with Gasteiger partial charge in [0, 0.05) is 43.0 Å². The molecule has 0 saturated carbocycles. The van der Waals surface area contributed by atoms with Crippen molar-refractivity contribution in [2.45, 2.75) is 51.6 Å². The predicted octanol–water partition coefficient (Wildman–Crippen LogP) is 3.98. The molecule has 1 saturated heterocycles. The molecule has 7 heteroatoms. The van der Waals surface area contributed by atoms with E-state index in [0.29, 0.717) is 18.4 Å². The first kappa shape index (κ1) is 22.5. The Morgan fingerprint density at radius 2 is 2.19 bits per heavy atom. The van der Waals surface area contributed by atoms with Gasteiger partial charge in [-0.1, -0.05) is 26.0 Å². The van der Waals surface area contributed by atoms with E-state index in [9.17, 15) is 4.79 Å². The van der Waals surface area contributed by atoms with E-state index in [2.05, 4.69) is 40.1 Å². The van der Waals surface area contributed by atoms with E-state index in [1.165, 1.54) is 0 Å². The predicted molar refractivity (Wildman–Crippen MR) is 111 cm³/mol. The standard InChI is InChI=1S/C19H26N4O.2ClH/c1-14(2)19-21-9-10-23(19)13-15-5-3-6-17(11-15)22-18(24)12-16-7-4-8-20-16;;/h3,5-6,9-11,14,16,20H,4,7-8,12-13H2,1-2H3,(H,22,24);2*1H. The maximum atomic E-state index is 12.2. The third-order valence-corrected chi connectivity index (χ3v) is 4.42. The number of carbonyl (C=O) groups excluding carboxylic acids is 1. The van der Waals surface area contributed by atoms with Crippen LogP contribution in [0.25, 0.3) is 0 Å². The van der Waals surface area contributed by atoms with Gasteiger partial charge in [0.05, 0.1) is 0 Å². The molecule has 0 radical (unpaired) electrons. The molecule has 144 valence electrons. The van der Waals surface area contributed by atoms with Crippen LogP contribution in [-0.2, 0) is 11.3 Å². The zero-order chi connectivity index (χ0) is 16.9. The molecule has 0 spiro atoms. The van der Waals surface area contributed by atoms with Gasteiger partial charge in [-0.3, -0.25) is 4.79 Å². The minimum absolute atomic E-state index is 0. The molecule has 3 rings (SSSR count). The number of nitrogens with one attached hydrogen (secondary N) is 2. The normalized spacial score (nSPS) is 16.0. The molecule has 0 bridgehead atoms. The SMILES string of the molecule is CC(C)c1nccn1Cc1cccc(NC(=O)CC2CCCN2)c1.Cl.Cl. The number of nitrogens with zero attached hydrogens (tertiary/aromatic N) is 2. The number of imidazole rings is 1. The number of halogens is 2. The van der Waals surface area contributed by atoms with Crippen LogP contribution >= 0.6 is 24.8 Å². The number of aromatic nitrogens is 2. The molecule has 0 aliphatic carbocycles. The van der Waals surface area contributed by atoms with Gasteiger partial charge in [-0.05, 0) is 37.1 Å². The fourth-order valence-corrected chi connectivity index (χ4v) is 3.27. The summed E-state index contributed by atoms with van der Waals surface area (Å²) in [5.41, 5.74) is 2.02. The summed E-state index contributed by atoms with van der Waals surface area (Å²) in [4.78, 5) is 16.6. The first-order valence-corrected chi connectivity index (χ1v) is 8.75. The van der Waals surface area contributed by atoms with Crippen LogP contribution in [0, 0.1) is 0 Å². The van der Waals surface area contributed by atoms with Crippen LogP contribution in [0.3, 0.4) is 0 Å². The van der Waals surface area contributed by atoms with Crippen molar-refractivity contribution in [2.24, 2.45) is 0 Å². The van der Waals surface area contributed by atoms with E-state index in [4.69, 9.17) is 0 Å². The zero-order valence-corrected chi connectivity index (χ0v) is 16.9. The average Bonchev–Trinajstić information content (AvgIpc) is 3.19. The molecule has 1 aromatic heterocycles. The Balaban J connectivity index is 0.00000169. The van der Waals surface area contributed by atoms with E-state index < -0.39 is 0 Å². The van der Waals surface area contributed by atoms with Crippen molar-refractivity contribution in [3.05, 3.63) is 48.0 Å². The largest absolute Gasteiger partial charge is 0.330 e. The van der Waals surface area contributed by atoms with E-state index in [1.54, 1.807) is 0 Å². The van der Waals surface area contributed by atoms with Crippen molar-refractivity contribution in [2.75, 3.05) is 11.9 Å². The number of hydrogen-bond acceptors (Lipinski definition) is 3. The second-order valence-corrected chi connectivity index (χ2v) is 6.81. The van der Waals surface area contributed by atoms with E-state index in [1.807, 2.05) is 30.6 Å². The smallest absolute Gasteiger partial charge is 0.225 e. The van der Waals surface area contributed by atoms with Gasteiger partial charge in [0.1, 0.15) is 5.82 Å². The number of hydrogen-bond donors (Lipinski definition) is 2. The first-order valence-electron chi connectivity index (χ1n) is 8.75. The second kappa shape index (κ2) is 10.6. The highest BCUT2D eigenvalue weighted by Gasteiger charge is 2.17. The summed E-state index contributed by atoms with van der Waals surface area (Å²) in [5, 5.41) is 6.38. The van der Waals surface area contributed by atoms with E-state index in [0.717, 1.165) is 43.0 Å². The van der Waals surface area contributed by atoms with Crippen LogP contribution in [0.2, 0.25) is 0 Å². The van der Waals surface area contributed by atoms with Gasteiger partial charge in [-0.15, -0.1) is 24.8 Å². The lowest BCUT2D eigenvalue weighted by molar-refractivity contribution is -0.116. The molecule has 1 aromatic carbocycles. The minimum atomic E-state index is 0. The van der Waals surface area contributed by atoms with Crippen molar-refractivity contribution < 1.29 is 4.79 Å². The van der Waals surface area contributed by atoms with Crippen molar-refractivity contribution in [3.8, 4) is 0 Å². The molecular weight excluding hydrogens is 371 g/mol. The lowest BCUT2D eigenvalue weighted by atomic mass is 10.1. The third kappa shape index (κ3) is 6.01. The molecule has 2 heterocycles. The van der Waals surface area contributed by atoms with Crippen molar-refractivity contribution in [3.63, 3.8) is 0 Å². The molecular formula is C19H28Cl2N4O. The summed E-state index contributed by atoms with van der Waals surface area (Å²) >= 11 is 0. The molecule has 1 fully saturated rings.